The van der Waals surface area contributed by atoms with Crippen molar-refractivity contribution in [3.63, 3.8) is 0 Å². The smallest absolute Gasteiger partial charge is 0.347 e. The molecule has 2 nitrogen and oxygen atoms in total. The molecule has 1 fully saturated rings. The van der Waals surface area contributed by atoms with Crippen LogP contribution in [0.15, 0.2) is 48.4 Å². The van der Waals surface area contributed by atoms with E-state index in [1.807, 2.05) is 35.1 Å². The van der Waals surface area contributed by atoms with Crippen molar-refractivity contribution < 1.29 is 13.2 Å². The monoisotopic (exact) mass is 284 g/mol. The van der Waals surface area contributed by atoms with E-state index in [0.29, 0.717) is 13.1 Å². The van der Waals surface area contributed by atoms with Crippen molar-refractivity contribution in [2.24, 2.45) is 5.92 Å². The van der Waals surface area contributed by atoms with Crippen LogP contribution in [-0.2, 0) is 0 Å². The molecule has 2 heterocycles. The molecule has 0 radical (unpaired) electrons. The Morgan fingerprint density at radius 2 is 2.00 bits per heavy atom. The highest BCUT2D eigenvalue weighted by Gasteiger charge is 2.46. The zero-order valence-corrected chi connectivity index (χ0v) is 11.6. The lowest BCUT2D eigenvalue weighted by atomic mass is 9.99. The number of hydrogen-bond acceptors (Lipinski definition) is 2. The van der Waals surface area contributed by atoms with E-state index in [1.165, 1.54) is 0 Å². The summed E-state index contributed by atoms with van der Waals surface area (Å²) < 4.78 is 37.2. The Balaban J connectivity index is 1.80. The number of allylic oxidation sites excluding steroid dienone is 3. The minimum atomic E-state index is -4.05. The Morgan fingerprint density at radius 3 is 2.55 bits per heavy atom. The summed E-state index contributed by atoms with van der Waals surface area (Å²) >= 11 is 0. The first kappa shape index (κ1) is 14.9. The first-order valence-electron chi connectivity index (χ1n) is 6.58. The zero-order valence-electron chi connectivity index (χ0n) is 11.6. The number of likely N-dealkylation sites (tertiary alicyclic amines) is 1. The maximum absolute atomic E-state index is 12.4. The maximum atomic E-state index is 12.4. The van der Waals surface area contributed by atoms with Crippen molar-refractivity contribution in [2.45, 2.75) is 13.1 Å². The van der Waals surface area contributed by atoms with Crippen molar-refractivity contribution in [1.82, 2.24) is 9.80 Å². The maximum Gasteiger partial charge on any atom is 0.394 e. The molecule has 0 unspecified atom stereocenters. The summed E-state index contributed by atoms with van der Waals surface area (Å²) in [7, 11) is 0. The van der Waals surface area contributed by atoms with Crippen molar-refractivity contribution in [1.29, 1.82) is 0 Å². The minimum Gasteiger partial charge on any atom is -0.347 e. The number of nitrogens with zero attached hydrogens (tertiary/aromatic N) is 2. The predicted molar refractivity (Wildman–Crippen MR) is 73.9 cm³/mol. The van der Waals surface area contributed by atoms with Crippen LogP contribution in [0, 0.1) is 5.92 Å². The fraction of sp³-hybridized carbons (Fsp3) is 0.467. The van der Waals surface area contributed by atoms with Gasteiger partial charge in [-0.3, -0.25) is 0 Å². The van der Waals surface area contributed by atoms with Crippen molar-refractivity contribution in [3.8, 4) is 0 Å². The largest absolute Gasteiger partial charge is 0.394 e. The zero-order chi connectivity index (χ0) is 14.9. The molecule has 0 spiro atoms. The van der Waals surface area contributed by atoms with Crippen LogP contribution in [0.5, 0.6) is 0 Å². The van der Waals surface area contributed by atoms with Gasteiger partial charge in [-0.15, -0.1) is 0 Å². The fourth-order valence-corrected chi connectivity index (χ4v) is 2.39. The van der Waals surface area contributed by atoms with Crippen LogP contribution in [0.1, 0.15) is 6.92 Å². The minimum absolute atomic E-state index is 0.108. The Bertz CT molecular complexity index is 468. The Kier molecular flexibility index (Phi) is 4.09. The van der Waals surface area contributed by atoms with Gasteiger partial charge in [0.15, 0.2) is 0 Å². The van der Waals surface area contributed by atoms with Crippen LogP contribution in [0.3, 0.4) is 0 Å². The summed E-state index contributed by atoms with van der Waals surface area (Å²) in [4.78, 5) is 3.78. The summed E-state index contributed by atoms with van der Waals surface area (Å²) in [5.74, 6) is -1.16. The molecule has 0 saturated carbocycles. The Hall–Kier alpha value is -1.49. The van der Waals surface area contributed by atoms with Crippen molar-refractivity contribution >= 4 is 0 Å². The third-order valence-corrected chi connectivity index (χ3v) is 3.72. The molecule has 0 aliphatic carbocycles. The summed E-state index contributed by atoms with van der Waals surface area (Å²) in [6.07, 6.45) is 1.70. The van der Waals surface area contributed by atoms with Crippen LogP contribution in [0.25, 0.3) is 0 Å². The first-order chi connectivity index (χ1) is 9.29. The molecule has 1 saturated heterocycles. The second kappa shape index (κ2) is 5.48. The van der Waals surface area contributed by atoms with Crippen LogP contribution in [0.4, 0.5) is 13.2 Å². The molecule has 0 aromatic carbocycles. The standard InChI is InChI=1S/C15H19F3N2/c1-11(2)14-5-4-6-20(12(14)3)8-7-19-9-13(10-19)15(16,17)18/h4-6,13H,1,3,7-10H2,2H3. The van der Waals surface area contributed by atoms with E-state index in [9.17, 15) is 13.2 Å². The van der Waals surface area contributed by atoms with Crippen LogP contribution >= 0.6 is 0 Å². The molecule has 0 aromatic heterocycles. The van der Waals surface area contributed by atoms with Gasteiger partial charge in [0.2, 0.25) is 0 Å². The van der Waals surface area contributed by atoms with Crippen molar-refractivity contribution in [3.05, 3.63) is 48.4 Å². The molecular weight excluding hydrogens is 265 g/mol. The molecule has 2 aliphatic heterocycles. The summed E-state index contributed by atoms with van der Waals surface area (Å²) in [6, 6.07) is 0. The molecule has 0 aromatic rings. The number of rotatable bonds is 4. The first-order valence-corrected chi connectivity index (χ1v) is 6.58. The molecular formula is C15H19F3N2. The molecule has 0 N–H and O–H groups in total. The summed E-state index contributed by atoms with van der Waals surface area (Å²) in [6.45, 7) is 11.3. The van der Waals surface area contributed by atoms with Gasteiger partial charge < -0.3 is 9.80 Å². The molecule has 2 aliphatic rings. The molecule has 20 heavy (non-hydrogen) atoms. The number of hydrogen-bond donors (Lipinski definition) is 0. The molecule has 2 rings (SSSR count). The van der Waals surface area contributed by atoms with Crippen LogP contribution in [-0.4, -0.2) is 42.2 Å². The Labute approximate surface area is 117 Å². The van der Waals surface area contributed by atoms with Gasteiger partial charge >= 0.3 is 6.18 Å². The average Bonchev–Trinajstić information content (AvgIpc) is 2.26. The highest BCUT2D eigenvalue weighted by Crippen LogP contribution is 2.33. The lowest BCUT2D eigenvalue weighted by molar-refractivity contribution is -0.209. The van der Waals surface area contributed by atoms with E-state index in [1.54, 1.807) is 0 Å². The third kappa shape index (κ3) is 3.15. The van der Waals surface area contributed by atoms with Gasteiger partial charge in [0.1, 0.15) is 0 Å². The van der Waals surface area contributed by atoms with Gasteiger partial charge in [-0.2, -0.15) is 13.2 Å². The lowest BCUT2D eigenvalue weighted by Crippen LogP contribution is -2.54. The predicted octanol–water partition coefficient (Wildman–Crippen LogP) is 3.33. The van der Waals surface area contributed by atoms with E-state index in [4.69, 9.17) is 0 Å². The second-order valence-electron chi connectivity index (χ2n) is 5.34. The molecule has 0 bridgehead atoms. The van der Waals surface area contributed by atoms with E-state index in [2.05, 4.69) is 13.2 Å². The SMILES string of the molecule is C=C(C)C1=CC=CN(CCN2CC(C(F)(F)F)C2)C1=C. The normalized spacial score (nSPS) is 20.9. The molecule has 0 amide bonds. The fourth-order valence-electron chi connectivity index (χ4n) is 2.39. The van der Waals surface area contributed by atoms with Crippen LogP contribution < -0.4 is 0 Å². The van der Waals surface area contributed by atoms with Gasteiger partial charge in [-0.05, 0) is 24.1 Å². The van der Waals surface area contributed by atoms with E-state index in [0.717, 1.165) is 16.8 Å². The molecule has 110 valence electrons. The van der Waals surface area contributed by atoms with E-state index in [-0.39, 0.29) is 13.1 Å². The van der Waals surface area contributed by atoms with Crippen LogP contribution in [0.2, 0.25) is 0 Å². The number of halogens is 3. The third-order valence-electron chi connectivity index (χ3n) is 3.72. The van der Waals surface area contributed by atoms with E-state index >= 15 is 0 Å². The number of alkyl halides is 3. The summed E-state index contributed by atoms with van der Waals surface area (Å²) in [5, 5.41) is 0. The lowest BCUT2D eigenvalue weighted by Gasteiger charge is -2.41. The average molecular weight is 284 g/mol. The van der Waals surface area contributed by atoms with E-state index < -0.39 is 12.1 Å². The van der Waals surface area contributed by atoms with Gasteiger partial charge in [-0.1, -0.05) is 19.2 Å². The highest BCUT2D eigenvalue weighted by atomic mass is 19.4. The summed E-state index contributed by atoms with van der Waals surface area (Å²) in [5.41, 5.74) is 2.78. The quantitative estimate of drug-likeness (QED) is 0.781. The van der Waals surface area contributed by atoms with Gasteiger partial charge in [0.25, 0.3) is 0 Å². The molecule has 5 heteroatoms. The van der Waals surface area contributed by atoms with Gasteiger partial charge in [0, 0.05) is 38.1 Å². The van der Waals surface area contributed by atoms with Gasteiger partial charge in [0.05, 0.1) is 5.92 Å². The molecule has 0 atom stereocenters. The topological polar surface area (TPSA) is 6.48 Å². The van der Waals surface area contributed by atoms with Crippen molar-refractivity contribution in [2.75, 3.05) is 26.2 Å². The Morgan fingerprint density at radius 1 is 1.35 bits per heavy atom. The second-order valence-corrected chi connectivity index (χ2v) is 5.34. The van der Waals surface area contributed by atoms with Gasteiger partial charge in [-0.25, -0.2) is 0 Å². The highest BCUT2D eigenvalue weighted by molar-refractivity contribution is 5.47.